The summed E-state index contributed by atoms with van der Waals surface area (Å²) in [6.07, 6.45) is -0.980. The van der Waals surface area contributed by atoms with Crippen molar-refractivity contribution in [1.82, 2.24) is 0 Å². The van der Waals surface area contributed by atoms with E-state index in [0.29, 0.717) is 49.2 Å². The van der Waals surface area contributed by atoms with Crippen molar-refractivity contribution in [3.63, 3.8) is 0 Å². The van der Waals surface area contributed by atoms with Gasteiger partial charge in [0.1, 0.15) is 32.0 Å². The van der Waals surface area contributed by atoms with Crippen LogP contribution in [0.25, 0.3) is 0 Å². The van der Waals surface area contributed by atoms with Crippen LogP contribution in [-0.2, 0) is 24.6 Å². The Balaban J connectivity index is 1.47. The normalized spacial score (nSPS) is 15.3. The smallest absolute Gasteiger partial charge is 0.203 e. The van der Waals surface area contributed by atoms with Crippen molar-refractivity contribution in [3.05, 3.63) is 125 Å². The van der Waals surface area contributed by atoms with Crippen molar-refractivity contribution in [2.75, 3.05) is 6.61 Å². The van der Waals surface area contributed by atoms with Crippen LogP contribution in [0.5, 0.6) is 17.2 Å². The first-order chi connectivity index (χ1) is 17.3. The highest BCUT2D eigenvalue weighted by Crippen LogP contribution is 2.43. The highest BCUT2D eigenvalue weighted by atomic mass is 16.6. The van der Waals surface area contributed by atoms with Gasteiger partial charge >= 0.3 is 0 Å². The molecule has 35 heavy (non-hydrogen) atoms. The van der Waals surface area contributed by atoms with E-state index in [4.69, 9.17) is 18.9 Å². The number of aliphatic hydroxyl groups is 1. The van der Waals surface area contributed by atoms with Gasteiger partial charge in [-0.3, -0.25) is 0 Å². The van der Waals surface area contributed by atoms with Gasteiger partial charge in [0.2, 0.25) is 5.75 Å². The Kier molecular flexibility index (Phi) is 7.27. The van der Waals surface area contributed by atoms with E-state index < -0.39 is 6.10 Å². The third-order valence-corrected chi connectivity index (χ3v) is 5.80. The Bertz CT molecular complexity index is 1140. The number of epoxide rings is 1. The van der Waals surface area contributed by atoms with E-state index >= 15 is 0 Å². The predicted molar refractivity (Wildman–Crippen MR) is 133 cm³/mol. The minimum Gasteiger partial charge on any atom is -0.485 e. The largest absolute Gasteiger partial charge is 0.485 e. The maximum Gasteiger partial charge on any atom is 0.203 e. The summed E-state index contributed by atoms with van der Waals surface area (Å²) < 4.78 is 24.1. The molecule has 0 bridgehead atoms. The van der Waals surface area contributed by atoms with Gasteiger partial charge < -0.3 is 24.1 Å². The summed E-state index contributed by atoms with van der Waals surface area (Å²) in [6.45, 7) is 1.62. The van der Waals surface area contributed by atoms with Gasteiger partial charge in [0.15, 0.2) is 11.5 Å². The van der Waals surface area contributed by atoms with Crippen LogP contribution in [0.15, 0.2) is 103 Å². The van der Waals surface area contributed by atoms with Crippen molar-refractivity contribution in [2.45, 2.75) is 32.0 Å². The highest BCUT2D eigenvalue weighted by Gasteiger charge is 2.34. The van der Waals surface area contributed by atoms with Crippen molar-refractivity contribution in [3.8, 4) is 17.2 Å². The van der Waals surface area contributed by atoms with E-state index in [9.17, 15) is 5.11 Å². The summed E-state index contributed by atoms with van der Waals surface area (Å²) in [5.74, 6) is 1.54. The minimum atomic E-state index is -0.767. The molecule has 5 nitrogen and oxygen atoms in total. The molecule has 0 spiro atoms. The summed E-state index contributed by atoms with van der Waals surface area (Å²) in [4.78, 5) is 0. The second kappa shape index (κ2) is 11.1. The summed E-state index contributed by atoms with van der Waals surface area (Å²) >= 11 is 0. The quantitative estimate of drug-likeness (QED) is 0.280. The Hall–Kier alpha value is -3.80. The summed E-state index contributed by atoms with van der Waals surface area (Å²) in [7, 11) is 0. The molecule has 1 N–H and O–H groups in total. The topological polar surface area (TPSA) is 60.5 Å². The molecule has 5 heteroatoms. The van der Waals surface area contributed by atoms with Crippen LogP contribution in [0, 0.1) is 0 Å². The fourth-order valence-electron chi connectivity index (χ4n) is 3.78. The molecule has 0 amide bonds. The summed E-state index contributed by atoms with van der Waals surface area (Å²) in [5.41, 5.74) is 3.77. The van der Waals surface area contributed by atoms with Gasteiger partial charge in [-0.2, -0.15) is 0 Å². The lowest BCUT2D eigenvalue weighted by Crippen LogP contribution is -2.09. The van der Waals surface area contributed by atoms with Crippen LogP contribution >= 0.6 is 0 Å². The first kappa shape index (κ1) is 23.0. The highest BCUT2D eigenvalue weighted by molar-refractivity contribution is 5.55. The molecule has 1 aliphatic heterocycles. The first-order valence-electron chi connectivity index (χ1n) is 11.7. The second-order valence-electron chi connectivity index (χ2n) is 8.49. The van der Waals surface area contributed by atoms with Gasteiger partial charge in [-0.1, -0.05) is 91.0 Å². The number of hydrogen-bond donors (Lipinski definition) is 1. The molecule has 0 radical (unpaired) electrons. The van der Waals surface area contributed by atoms with Crippen LogP contribution in [0.3, 0.4) is 0 Å². The number of benzene rings is 4. The molecule has 1 fully saturated rings. The zero-order valence-electron chi connectivity index (χ0n) is 19.4. The lowest BCUT2D eigenvalue weighted by atomic mass is 10.1. The SMILES string of the molecule is O[C@H](c1cc(OCc2ccccc2)c(OCc2ccccc2)c(OCc2ccccc2)c1)[C@H]1CO1. The van der Waals surface area contributed by atoms with Crippen molar-refractivity contribution in [1.29, 1.82) is 0 Å². The third-order valence-electron chi connectivity index (χ3n) is 5.80. The number of rotatable bonds is 11. The molecular weight excluding hydrogens is 440 g/mol. The molecule has 0 unspecified atom stereocenters. The van der Waals surface area contributed by atoms with Gasteiger partial charge in [0.05, 0.1) is 6.61 Å². The molecule has 4 aromatic carbocycles. The van der Waals surface area contributed by atoms with Crippen LogP contribution in [0.4, 0.5) is 0 Å². The fourth-order valence-corrected chi connectivity index (χ4v) is 3.78. The molecule has 178 valence electrons. The van der Waals surface area contributed by atoms with E-state index in [1.54, 1.807) is 0 Å². The Morgan fingerprint density at radius 1 is 0.657 bits per heavy atom. The fraction of sp³-hybridized carbons (Fsp3) is 0.200. The van der Waals surface area contributed by atoms with Gasteiger partial charge in [-0.25, -0.2) is 0 Å². The summed E-state index contributed by atoms with van der Waals surface area (Å²) in [5, 5.41) is 10.8. The van der Waals surface area contributed by atoms with Crippen molar-refractivity contribution in [2.24, 2.45) is 0 Å². The minimum absolute atomic E-state index is 0.213. The predicted octanol–water partition coefficient (Wildman–Crippen LogP) is 5.86. The first-order valence-corrected chi connectivity index (χ1v) is 11.7. The van der Waals surface area contributed by atoms with Crippen LogP contribution < -0.4 is 14.2 Å². The molecular formula is C30H28O5. The Labute approximate surface area is 205 Å². The van der Waals surface area contributed by atoms with Crippen LogP contribution in [0.2, 0.25) is 0 Å². The second-order valence-corrected chi connectivity index (χ2v) is 8.49. The monoisotopic (exact) mass is 468 g/mol. The Morgan fingerprint density at radius 3 is 1.46 bits per heavy atom. The van der Waals surface area contributed by atoms with E-state index in [0.717, 1.165) is 16.7 Å². The lowest BCUT2D eigenvalue weighted by Gasteiger charge is -2.20. The average Bonchev–Trinajstić information content (AvgIpc) is 3.77. The standard InChI is InChI=1S/C30H28O5/c31-29(28-21-34-28)25-16-26(32-18-22-10-4-1-5-11-22)30(35-20-24-14-8-3-9-15-24)27(17-25)33-19-23-12-6-2-7-13-23/h1-17,28-29,31H,18-21H2/t28-,29-/m1/s1. The maximum absolute atomic E-state index is 10.8. The van der Waals surface area contributed by atoms with E-state index in [2.05, 4.69) is 0 Å². The maximum atomic E-state index is 10.8. The van der Waals surface area contributed by atoms with E-state index in [-0.39, 0.29) is 6.10 Å². The number of ether oxygens (including phenoxy) is 4. The van der Waals surface area contributed by atoms with Crippen LogP contribution in [-0.4, -0.2) is 17.8 Å². The molecule has 1 saturated heterocycles. The van der Waals surface area contributed by atoms with Crippen molar-refractivity contribution < 1.29 is 24.1 Å². The molecule has 1 heterocycles. The van der Waals surface area contributed by atoms with Gasteiger partial charge in [0, 0.05) is 0 Å². The summed E-state index contributed by atoms with van der Waals surface area (Å²) in [6, 6.07) is 33.5. The molecule has 5 rings (SSSR count). The average molecular weight is 469 g/mol. The van der Waals surface area contributed by atoms with E-state index in [1.165, 1.54) is 0 Å². The molecule has 4 aromatic rings. The molecule has 0 aliphatic carbocycles. The zero-order valence-corrected chi connectivity index (χ0v) is 19.4. The molecule has 0 saturated carbocycles. The van der Waals surface area contributed by atoms with Crippen LogP contribution in [0.1, 0.15) is 28.4 Å². The molecule has 0 aromatic heterocycles. The molecule has 2 atom stereocenters. The zero-order chi connectivity index (χ0) is 23.9. The lowest BCUT2D eigenvalue weighted by molar-refractivity contribution is 0.135. The molecule has 1 aliphatic rings. The Morgan fingerprint density at radius 2 is 1.06 bits per heavy atom. The van der Waals surface area contributed by atoms with E-state index in [1.807, 2.05) is 103 Å². The third kappa shape index (κ3) is 6.21. The number of hydrogen-bond acceptors (Lipinski definition) is 5. The van der Waals surface area contributed by atoms with Gasteiger partial charge in [-0.15, -0.1) is 0 Å². The number of aliphatic hydroxyl groups excluding tert-OH is 1. The van der Waals surface area contributed by atoms with Crippen molar-refractivity contribution >= 4 is 0 Å². The van der Waals surface area contributed by atoms with Gasteiger partial charge in [-0.05, 0) is 34.4 Å². The van der Waals surface area contributed by atoms with Gasteiger partial charge in [0.25, 0.3) is 0 Å².